The van der Waals surface area contributed by atoms with Crippen LogP contribution in [-0.2, 0) is 9.59 Å². The van der Waals surface area contributed by atoms with Crippen LogP contribution in [0.25, 0.3) is 0 Å². The van der Waals surface area contributed by atoms with E-state index in [9.17, 15) is 14.7 Å². The minimum Gasteiger partial charge on any atom is -0.846 e. The van der Waals surface area contributed by atoms with Gasteiger partial charge in [0.15, 0.2) is 0 Å². The van der Waals surface area contributed by atoms with E-state index in [0.717, 1.165) is 6.42 Å². The van der Waals surface area contributed by atoms with Crippen molar-refractivity contribution in [2.45, 2.75) is 33.6 Å². The van der Waals surface area contributed by atoms with Gasteiger partial charge in [-0.15, -0.1) is 0 Å². The number of carbonyl (C=O) groups excluding carboxylic acids is 2. The van der Waals surface area contributed by atoms with Gasteiger partial charge in [-0.1, -0.05) is 32.9 Å². The molecule has 0 fully saturated rings. The number of hydrogen-bond acceptors (Lipinski definition) is 3. The molecule has 5 nitrogen and oxygen atoms in total. The van der Waals surface area contributed by atoms with Crippen LogP contribution in [-0.4, -0.2) is 17.8 Å². The summed E-state index contributed by atoms with van der Waals surface area (Å²) in [6, 6.07) is -0.865. The second-order valence-electron chi connectivity index (χ2n) is 4.39. The van der Waals surface area contributed by atoms with Gasteiger partial charge in [0.05, 0.1) is 6.02 Å². The van der Waals surface area contributed by atoms with E-state index in [0.29, 0.717) is 0 Å². The smallest absolute Gasteiger partial charge is 0.846 e. The van der Waals surface area contributed by atoms with Gasteiger partial charge in [-0.2, -0.15) is 0 Å². The Morgan fingerprint density at radius 1 is 1.39 bits per heavy atom. The van der Waals surface area contributed by atoms with Crippen molar-refractivity contribution in [3.63, 3.8) is 0 Å². The molecule has 0 spiro atoms. The van der Waals surface area contributed by atoms with Crippen molar-refractivity contribution in [2.24, 2.45) is 16.3 Å². The Morgan fingerprint density at radius 3 is 2.44 bits per heavy atom. The molecule has 0 aromatic carbocycles. The molecule has 1 heterocycles. The predicted octanol–water partition coefficient (Wildman–Crippen LogP) is -2.64. The van der Waals surface area contributed by atoms with Crippen LogP contribution in [0.5, 0.6) is 0 Å². The first-order chi connectivity index (χ1) is 7.95. The Bertz CT molecular complexity index is 391. The number of amides is 2. The van der Waals surface area contributed by atoms with Gasteiger partial charge in [-0.25, -0.2) is 4.99 Å². The molecule has 2 amide bonds. The Balaban J connectivity index is 0.00000289. The van der Waals surface area contributed by atoms with Gasteiger partial charge in [0.1, 0.15) is 5.41 Å². The van der Waals surface area contributed by atoms with E-state index in [-0.39, 0.29) is 41.9 Å². The molecule has 18 heavy (non-hydrogen) atoms. The Hall–Kier alpha value is -0.650. The van der Waals surface area contributed by atoms with E-state index < -0.39 is 23.3 Å². The van der Waals surface area contributed by atoms with Crippen LogP contribution in [0.1, 0.15) is 33.6 Å². The maximum atomic E-state index is 11.9. The molecule has 94 valence electrons. The third-order valence-corrected chi connectivity index (χ3v) is 3.04. The van der Waals surface area contributed by atoms with Crippen LogP contribution < -0.4 is 40.0 Å². The number of rotatable bonds is 4. The summed E-state index contributed by atoms with van der Waals surface area (Å²) in [6.07, 6.45) is 4.80. The van der Waals surface area contributed by atoms with Crippen molar-refractivity contribution in [3.8, 4) is 0 Å². The number of aliphatic imine (C=N–C) groups is 1. The fourth-order valence-electron chi connectivity index (χ4n) is 1.89. The van der Waals surface area contributed by atoms with Crippen LogP contribution >= 0.6 is 0 Å². The summed E-state index contributed by atoms with van der Waals surface area (Å²) in [5.74, 6) is -1.39. The quantitative estimate of drug-likeness (QED) is 0.341. The first-order valence-corrected chi connectivity index (χ1v) is 5.71. The van der Waals surface area contributed by atoms with Gasteiger partial charge in [-0.3, -0.25) is 9.59 Å². The largest absolute Gasteiger partial charge is 1.00 e. The number of nitrogens with one attached hydrogen (secondary N) is 1. The van der Waals surface area contributed by atoms with Crippen molar-refractivity contribution in [1.82, 2.24) is 5.32 Å². The molecule has 0 aromatic heterocycles. The number of amidine groups is 1. The van der Waals surface area contributed by atoms with Gasteiger partial charge in [-0.05, 0) is 18.8 Å². The number of hydrogen-bond donors (Lipinski definition) is 1. The summed E-state index contributed by atoms with van der Waals surface area (Å²) < 4.78 is 0. The summed E-state index contributed by atoms with van der Waals surface area (Å²) >= 11 is 0. The van der Waals surface area contributed by atoms with E-state index in [1.54, 1.807) is 19.9 Å². The normalized spacial score (nSPS) is 23.9. The zero-order valence-electron chi connectivity index (χ0n) is 11.3. The molecule has 0 saturated carbocycles. The average Bonchev–Trinajstić information content (AvgIpc) is 2.21. The van der Waals surface area contributed by atoms with Gasteiger partial charge >= 0.3 is 29.6 Å². The third-order valence-electron chi connectivity index (χ3n) is 3.04. The second kappa shape index (κ2) is 7.07. The molecule has 1 aliphatic heterocycles. The van der Waals surface area contributed by atoms with E-state index in [1.165, 1.54) is 0 Å². The van der Waals surface area contributed by atoms with Crippen LogP contribution in [0, 0.1) is 11.3 Å². The second-order valence-corrected chi connectivity index (χ2v) is 4.39. The minimum absolute atomic E-state index is 0. The van der Waals surface area contributed by atoms with Crippen molar-refractivity contribution in [1.29, 1.82) is 0 Å². The zero-order valence-corrected chi connectivity index (χ0v) is 13.3. The Labute approximate surface area is 129 Å². The third kappa shape index (κ3) is 3.22. The van der Waals surface area contributed by atoms with Crippen LogP contribution in [0.15, 0.2) is 17.1 Å². The summed E-state index contributed by atoms with van der Waals surface area (Å²) in [6.45, 7) is 5.53. The summed E-state index contributed by atoms with van der Waals surface area (Å²) in [4.78, 5) is 27.2. The van der Waals surface area contributed by atoms with Gasteiger partial charge in [0.25, 0.3) is 5.91 Å². The van der Waals surface area contributed by atoms with E-state index >= 15 is 0 Å². The Morgan fingerprint density at radius 2 is 2.00 bits per heavy atom. The number of allylic oxidation sites excluding steroid dienone is 2. The first-order valence-electron chi connectivity index (χ1n) is 5.71. The van der Waals surface area contributed by atoms with Crippen LogP contribution in [0.3, 0.4) is 0 Å². The molecule has 0 bridgehead atoms. The van der Waals surface area contributed by atoms with Crippen LogP contribution in [0.4, 0.5) is 0 Å². The Kier molecular flexibility index (Phi) is 6.81. The standard InChI is InChI=1S/C12H18N2O3.Na/c1-4-5-6-7-12(8(2)3)9(15)13-11(17)14-10(12)16;/h5-6,8H,4,7H2,1-3H3,(H2,13,14,15,16,17);/q;+1/p-1. The molecular formula is C12H17N2NaO3. The first kappa shape index (κ1) is 17.4. The molecule has 1 aliphatic rings. The average molecular weight is 260 g/mol. The molecule has 6 heteroatoms. The maximum Gasteiger partial charge on any atom is 1.00 e. The number of nitrogens with zero attached hydrogens (tertiary/aromatic N) is 1. The SMILES string of the molecule is CCC=CCC1(C(C)C)C(=O)N=C([O-])NC1=O.[Na+]. The molecule has 1 N–H and O–H groups in total. The van der Waals surface area contributed by atoms with Gasteiger partial charge < -0.3 is 10.4 Å². The van der Waals surface area contributed by atoms with Crippen molar-refractivity contribution >= 4 is 17.8 Å². The molecular weight excluding hydrogens is 243 g/mol. The molecule has 0 saturated heterocycles. The van der Waals surface area contributed by atoms with Gasteiger partial charge in [0.2, 0.25) is 5.91 Å². The van der Waals surface area contributed by atoms with Crippen molar-refractivity contribution < 1.29 is 44.3 Å². The van der Waals surface area contributed by atoms with Crippen molar-refractivity contribution in [2.75, 3.05) is 0 Å². The maximum absolute atomic E-state index is 11.9. The van der Waals surface area contributed by atoms with E-state index in [4.69, 9.17) is 0 Å². The topological polar surface area (TPSA) is 81.6 Å². The monoisotopic (exact) mass is 260 g/mol. The predicted molar refractivity (Wildman–Crippen MR) is 61.9 cm³/mol. The minimum atomic E-state index is -1.24. The summed E-state index contributed by atoms with van der Waals surface area (Å²) in [5.41, 5.74) is -1.24. The zero-order chi connectivity index (χ0) is 13.1. The van der Waals surface area contributed by atoms with E-state index in [1.807, 2.05) is 13.0 Å². The van der Waals surface area contributed by atoms with Crippen molar-refractivity contribution in [3.05, 3.63) is 12.2 Å². The summed E-state index contributed by atoms with van der Waals surface area (Å²) in [7, 11) is 0. The fraction of sp³-hybridized carbons (Fsp3) is 0.583. The molecule has 1 unspecified atom stereocenters. The van der Waals surface area contributed by atoms with Gasteiger partial charge in [0, 0.05) is 0 Å². The number of carbonyl (C=O) groups is 2. The van der Waals surface area contributed by atoms with E-state index in [2.05, 4.69) is 10.3 Å². The molecule has 0 aliphatic carbocycles. The molecule has 1 rings (SSSR count). The summed E-state index contributed by atoms with van der Waals surface area (Å²) in [5, 5.41) is 13.1. The molecule has 0 aromatic rings. The van der Waals surface area contributed by atoms with Crippen LogP contribution in [0.2, 0.25) is 0 Å². The molecule has 0 radical (unpaired) electrons. The fourth-order valence-corrected chi connectivity index (χ4v) is 1.89. The molecule has 1 atom stereocenters.